The van der Waals surface area contributed by atoms with Gasteiger partial charge in [-0.2, -0.15) is 0 Å². The molecule has 0 aliphatic heterocycles. The molecule has 0 fully saturated rings. The first-order valence-corrected chi connectivity index (χ1v) is 7.07. The monoisotopic (exact) mass is 374 g/mol. The quantitative estimate of drug-likeness (QED) is 0.560. The second-order valence-electron chi connectivity index (χ2n) is 3.81. The maximum Gasteiger partial charge on any atom is 0.344 e. The van der Waals surface area contributed by atoms with E-state index in [4.69, 9.17) is 32.7 Å². The molecule has 0 aliphatic carbocycles. The molecule has 6 heteroatoms. The first-order chi connectivity index (χ1) is 9.51. The van der Waals surface area contributed by atoms with E-state index in [1.165, 1.54) is 19.2 Å². The molecule has 2 aromatic carbocycles. The van der Waals surface area contributed by atoms with Crippen LogP contribution in [0.1, 0.15) is 10.4 Å². The molecule has 20 heavy (non-hydrogen) atoms. The van der Waals surface area contributed by atoms with E-state index in [-0.39, 0.29) is 10.8 Å². The van der Waals surface area contributed by atoms with E-state index < -0.39 is 5.97 Å². The highest BCUT2D eigenvalue weighted by Gasteiger charge is 2.15. The number of benzene rings is 2. The molecule has 0 unspecified atom stereocenters. The van der Waals surface area contributed by atoms with E-state index in [2.05, 4.69) is 15.9 Å². The van der Waals surface area contributed by atoms with Crippen LogP contribution in [0.15, 0.2) is 40.9 Å². The summed E-state index contributed by atoms with van der Waals surface area (Å²) in [6, 6.07) is 9.66. The van der Waals surface area contributed by atoms with Gasteiger partial charge in [-0.3, -0.25) is 0 Å². The van der Waals surface area contributed by atoms with Crippen molar-refractivity contribution in [3.05, 3.63) is 56.5 Å². The van der Waals surface area contributed by atoms with Crippen molar-refractivity contribution in [1.82, 2.24) is 0 Å². The van der Waals surface area contributed by atoms with E-state index in [0.717, 1.165) is 0 Å². The van der Waals surface area contributed by atoms with E-state index in [9.17, 15) is 4.79 Å². The number of rotatable bonds is 3. The second-order valence-corrected chi connectivity index (χ2v) is 5.51. The standard InChI is InChI=1S/C14H9BrCl2O3/c1-19-9-3-4-11(15)10(7-9)14(18)20-13-5-2-8(16)6-12(13)17/h2-7H,1H3. The van der Waals surface area contributed by atoms with Crippen LogP contribution < -0.4 is 9.47 Å². The first kappa shape index (κ1) is 15.2. The molecule has 0 amide bonds. The smallest absolute Gasteiger partial charge is 0.344 e. The fourth-order valence-corrected chi connectivity index (χ4v) is 2.36. The summed E-state index contributed by atoms with van der Waals surface area (Å²) in [5, 5.41) is 0.738. The number of methoxy groups -OCH3 is 1. The maximum absolute atomic E-state index is 12.1. The van der Waals surface area contributed by atoms with Crippen LogP contribution in [-0.2, 0) is 0 Å². The molecule has 0 N–H and O–H groups in total. The van der Waals surface area contributed by atoms with Crippen LogP contribution in [0.2, 0.25) is 10.0 Å². The van der Waals surface area contributed by atoms with Gasteiger partial charge in [0, 0.05) is 9.50 Å². The van der Waals surface area contributed by atoms with Crippen LogP contribution in [0.4, 0.5) is 0 Å². The Morgan fingerprint density at radius 3 is 2.55 bits per heavy atom. The average Bonchev–Trinajstić information content (AvgIpc) is 2.42. The zero-order valence-corrected chi connectivity index (χ0v) is 13.4. The van der Waals surface area contributed by atoms with Crippen LogP contribution >= 0.6 is 39.1 Å². The predicted molar refractivity (Wildman–Crippen MR) is 82.1 cm³/mol. The molecule has 0 saturated heterocycles. The fraction of sp³-hybridized carbons (Fsp3) is 0.0714. The Bertz CT molecular complexity index is 659. The van der Waals surface area contributed by atoms with Gasteiger partial charge in [-0.05, 0) is 52.3 Å². The minimum atomic E-state index is -0.542. The minimum absolute atomic E-state index is 0.246. The number of halogens is 3. The van der Waals surface area contributed by atoms with Gasteiger partial charge in [-0.15, -0.1) is 0 Å². The molecule has 0 atom stereocenters. The molecule has 2 aromatic rings. The fourth-order valence-electron chi connectivity index (χ4n) is 1.50. The summed E-state index contributed by atoms with van der Waals surface area (Å²) in [7, 11) is 1.52. The van der Waals surface area contributed by atoms with Crippen molar-refractivity contribution < 1.29 is 14.3 Å². The molecule has 3 nitrogen and oxygen atoms in total. The Labute approximate surface area is 134 Å². The van der Waals surface area contributed by atoms with Crippen LogP contribution in [0.25, 0.3) is 0 Å². The molecule has 0 heterocycles. The van der Waals surface area contributed by atoms with Crippen molar-refractivity contribution in [2.75, 3.05) is 7.11 Å². The maximum atomic E-state index is 12.1. The SMILES string of the molecule is COc1ccc(Br)c(C(=O)Oc2ccc(Cl)cc2Cl)c1. The Morgan fingerprint density at radius 1 is 1.15 bits per heavy atom. The summed E-state index contributed by atoms with van der Waals surface area (Å²) in [5.74, 6) is 0.262. The molecule has 0 radical (unpaired) electrons. The summed E-state index contributed by atoms with van der Waals surface area (Å²) in [6.07, 6.45) is 0. The van der Waals surface area contributed by atoms with Crippen molar-refractivity contribution in [3.63, 3.8) is 0 Å². The molecular formula is C14H9BrCl2O3. The van der Waals surface area contributed by atoms with Crippen LogP contribution in [0, 0.1) is 0 Å². The molecule has 0 aliphatic rings. The summed E-state index contributed by atoms with van der Waals surface area (Å²) < 4.78 is 10.9. The third-order valence-electron chi connectivity index (χ3n) is 2.49. The van der Waals surface area contributed by atoms with Gasteiger partial charge in [0.2, 0.25) is 0 Å². The lowest BCUT2D eigenvalue weighted by molar-refractivity contribution is 0.0733. The summed E-state index contributed by atoms with van der Waals surface area (Å²) in [4.78, 5) is 12.1. The van der Waals surface area contributed by atoms with Crippen LogP contribution in [0.5, 0.6) is 11.5 Å². The second kappa shape index (κ2) is 6.48. The van der Waals surface area contributed by atoms with Gasteiger partial charge in [-0.25, -0.2) is 4.79 Å². The van der Waals surface area contributed by atoms with Crippen molar-refractivity contribution in [2.45, 2.75) is 0 Å². The number of hydrogen-bond donors (Lipinski definition) is 0. The molecule has 0 bridgehead atoms. The highest BCUT2D eigenvalue weighted by atomic mass is 79.9. The summed E-state index contributed by atoms with van der Waals surface area (Å²) in [5.41, 5.74) is 0.343. The van der Waals surface area contributed by atoms with Gasteiger partial charge in [-0.1, -0.05) is 23.2 Å². The van der Waals surface area contributed by atoms with Gasteiger partial charge in [0.15, 0.2) is 0 Å². The van der Waals surface area contributed by atoms with Gasteiger partial charge in [0.05, 0.1) is 17.7 Å². The van der Waals surface area contributed by atoms with Gasteiger partial charge >= 0.3 is 5.97 Å². The highest BCUT2D eigenvalue weighted by molar-refractivity contribution is 9.10. The third kappa shape index (κ3) is 3.45. The lowest BCUT2D eigenvalue weighted by atomic mass is 10.2. The number of hydrogen-bond acceptors (Lipinski definition) is 3. The van der Waals surface area contributed by atoms with Gasteiger partial charge in [0.1, 0.15) is 11.5 Å². The molecule has 0 saturated carbocycles. The van der Waals surface area contributed by atoms with Crippen molar-refractivity contribution in [3.8, 4) is 11.5 Å². The van der Waals surface area contributed by atoms with Crippen LogP contribution in [-0.4, -0.2) is 13.1 Å². The Balaban J connectivity index is 2.28. The van der Waals surface area contributed by atoms with Gasteiger partial charge < -0.3 is 9.47 Å². The molecule has 104 valence electrons. The topological polar surface area (TPSA) is 35.5 Å². The minimum Gasteiger partial charge on any atom is -0.497 e. The number of carbonyl (C=O) groups excluding carboxylic acids is 1. The van der Waals surface area contributed by atoms with Gasteiger partial charge in [0.25, 0.3) is 0 Å². The molecule has 0 aromatic heterocycles. The lowest BCUT2D eigenvalue weighted by Gasteiger charge is -2.09. The summed E-state index contributed by atoms with van der Waals surface area (Å²) >= 11 is 15.0. The Morgan fingerprint density at radius 2 is 1.90 bits per heavy atom. The van der Waals surface area contributed by atoms with Crippen molar-refractivity contribution in [1.29, 1.82) is 0 Å². The largest absolute Gasteiger partial charge is 0.497 e. The zero-order chi connectivity index (χ0) is 14.7. The predicted octanol–water partition coefficient (Wildman–Crippen LogP) is 4.98. The third-order valence-corrected chi connectivity index (χ3v) is 3.71. The van der Waals surface area contributed by atoms with E-state index in [1.807, 2.05) is 0 Å². The lowest BCUT2D eigenvalue weighted by Crippen LogP contribution is -2.09. The van der Waals surface area contributed by atoms with E-state index >= 15 is 0 Å². The highest BCUT2D eigenvalue weighted by Crippen LogP contribution is 2.29. The number of carbonyl (C=O) groups is 1. The average molecular weight is 376 g/mol. The molecular weight excluding hydrogens is 367 g/mol. The molecule has 2 rings (SSSR count). The normalized spacial score (nSPS) is 10.2. The number of ether oxygens (including phenoxy) is 2. The first-order valence-electron chi connectivity index (χ1n) is 5.52. The van der Waals surface area contributed by atoms with E-state index in [0.29, 0.717) is 20.8 Å². The Kier molecular flexibility index (Phi) is 4.91. The van der Waals surface area contributed by atoms with Crippen molar-refractivity contribution >= 4 is 45.1 Å². The zero-order valence-electron chi connectivity index (χ0n) is 10.3. The van der Waals surface area contributed by atoms with E-state index in [1.54, 1.807) is 24.3 Å². The number of esters is 1. The van der Waals surface area contributed by atoms with Crippen LogP contribution in [0.3, 0.4) is 0 Å². The van der Waals surface area contributed by atoms with Crippen molar-refractivity contribution in [2.24, 2.45) is 0 Å². The Hall–Kier alpha value is -1.23. The molecule has 0 spiro atoms. The summed E-state index contributed by atoms with van der Waals surface area (Å²) in [6.45, 7) is 0.